The van der Waals surface area contributed by atoms with Crippen LogP contribution in [0.4, 0.5) is 0 Å². The third-order valence-electron chi connectivity index (χ3n) is 7.79. The average Bonchev–Trinajstić information content (AvgIpc) is 3.57. The van der Waals surface area contributed by atoms with Crippen LogP contribution in [0.5, 0.6) is 0 Å². The number of benzene rings is 6. The highest BCUT2D eigenvalue weighted by molar-refractivity contribution is 6.12. The van der Waals surface area contributed by atoms with E-state index in [0.717, 1.165) is 49.9 Å². The van der Waals surface area contributed by atoms with Gasteiger partial charge in [-0.2, -0.15) is 5.26 Å². The standard InChI is InChI=1S/C37H22N2O/c38-23-24-19-26(21-27(20-24)29-14-8-18-36-37(29)32-13-3-6-17-35(32)40-36)25-9-7-10-28(22-25)39-33-15-4-1-11-30(33)31-12-2-5-16-34(31)39/h1-22H. The minimum absolute atomic E-state index is 0.625. The monoisotopic (exact) mass is 510 g/mol. The molecule has 2 aromatic heterocycles. The first kappa shape index (κ1) is 22.4. The molecule has 0 fully saturated rings. The lowest BCUT2D eigenvalue weighted by Gasteiger charge is -2.12. The maximum Gasteiger partial charge on any atom is 0.136 e. The molecule has 0 aliphatic rings. The number of hydrogen-bond acceptors (Lipinski definition) is 2. The first-order valence-electron chi connectivity index (χ1n) is 13.3. The van der Waals surface area contributed by atoms with Crippen molar-refractivity contribution in [2.45, 2.75) is 0 Å². The van der Waals surface area contributed by atoms with Crippen LogP contribution in [-0.4, -0.2) is 4.57 Å². The van der Waals surface area contributed by atoms with E-state index >= 15 is 0 Å². The van der Waals surface area contributed by atoms with Crippen molar-refractivity contribution in [3.8, 4) is 34.0 Å². The van der Waals surface area contributed by atoms with E-state index in [1.807, 2.05) is 42.5 Å². The molecule has 2 heterocycles. The lowest BCUT2D eigenvalue weighted by molar-refractivity contribution is 0.669. The summed E-state index contributed by atoms with van der Waals surface area (Å²) in [6.45, 7) is 0. The molecule has 0 unspecified atom stereocenters. The van der Waals surface area contributed by atoms with Crippen LogP contribution in [0, 0.1) is 11.3 Å². The number of furan rings is 1. The number of nitrogens with zero attached hydrogens (tertiary/aromatic N) is 2. The first-order chi connectivity index (χ1) is 19.8. The lowest BCUT2D eigenvalue weighted by Crippen LogP contribution is -1.94. The van der Waals surface area contributed by atoms with Crippen molar-refractivity contribution in [2.24, 2.45) is 0 Å². The van der Waals surface area contributed by atoms with Crippen molar-refractivity contribution in [3.63, 3.8) is 0 Å². The van der Waals surface area contributed by atoms with Crippen LogP contribution in [-0.2, 0) is 0 Å². The van der Waals surface area contributed by atoms with Crippen molar-refractivity contribution in [1.29, 1.82) is 5.26 Å². The molecule has 0 radical (unpaired) electrons. The molecule has 186 valence electrons. The summed E-state index contributed by atoms with van der Waals surface area (Å²) in [4.78, 5) is 0. The van der Waals surface area contributed by atoms with E-state index in [1.165, 1.54) is 21.8 Å². The van der Waals surface area contributed by atoms with Gasteiger partial charge in [-0.25, -0.2) is 0 Å². The van der Waals surface area contributed by atoms with Gasteiger partial charge in [0.25, 0.3) is 0 Å². The molecule has 0 atom stereocenters. The van der Waals surface area contributed by atoms with Crippen LogP contribution in [0.1, 0.15) is 5.56 Å². The second-order valence-corrected chi connectivity index (χ2v) is 10.1. The molecular weight excluding hydrogens is 488 g/mol. The normalized spacial score (nSPS) is 11.5. The molecular formula is C37H22N2O. The SMILES string of the molecule is N#Cc1cc(-c2cccc(-n3c4ccccc4c4ccccc43)c2)cc(-c2cccc3oc4ccccc4c23)c1. The number of hydrogen-bond donors (Lipinski definition) is 0. The van der Waals surface area contributed by atoms with Crippen LogP contribution < -0.4 is 0 Å². The molecule has 6 aromatic carbocycles. The smallest absolute Gasteiger partial charge is 0.136 e. The summed E-state index contributed by atoms with van der Waals surface area (Å²) < 4.78 is 8.47. The molecule has 0 aliphatic carbocycles. The Bertz CT molecular complexity index is 2240. The van der Waals surface area contributed by atoms with Crippen molar-refractivity contribution < 1.29 is 4.42 Å². The maximum absolute atomic E-state index is 9.99. The van der Waals surface area contributed by atoms with E-state index in [-0.39, 0.29) is 0 Å². The minimum Gasteiger partial charge on any atom is -0.456 e. The minimum atomic E-state index is 0.625. The topological polar surface area (TPSA) is 41.9 Å². The number of rotatable bonds is 3. The largest absolute Gasteiger partial charge is 0.456 e. The zero-order valence-electron chi connectivity index (χ0n) is 21.5. The molecule has 0 N–H and O–H groups in total. The molecule has 0 bridgehead atoms. The third kappa shape index (κ3) is 3.37. The summed E-state index contributed by atoms with van der Waals surface area (Å²) in [6, 6.07) is 48.4. The van der Waals surface area contributed by atoms with Gasteiger partial charge in [-0.15, -0.1) is 0 Å². The fourth-order valence-corrected chi connectivity index (χ4v) is 6.05. The number of aromatic nitrogens is 1. The first-order valence-corrected chi connectivity index (χ1v) is 13.3. The highest BCUT2D eigenvalue weighted by Gasteiger charge is 2.15. The Kier molecular flexibility index (Phi) is 4.89. The molecule has 0 aliphatic heterocycles. The van der Waals surface area contributed by atoms with Gasteiger partial charge in [-0.1, -0.05) is 78.9 Å². The lowest BCUT2D eigenvalue weighted by atomic mass is 9.94. The molecule has 8 aromatic rings. The van der Waals surface area contributed by atoms with Gasteiger partial charge in [0.15, 0.2) is 0 Å². The summed E-state index contributed by atoms with van der Waals surface area (Å²) in [5, 5.41) is 14.6. The van der Waals surface area contributed by atoms with Gasteiger partial charge in [-0.3, -0.25) is 0 Å². The van der Waals surface area contributed by atoms with Gasteiger partial charge in [0.2, 0.25) is 0 Å². The van der Waals surface area contributed by atoms with Crippen LogP contribution >= 0.6 is 0 Å². The van der Waals surface area contributed by atoms with Crippen LogP contribution in [0.15, 0.2) is 138 Å². The van der Waals surface area contributed by atoms with Crippen LogP contribution in [0.2, 0.25) is 0 Å². The van der Waals surface area contributed by atoms with Gasteiger partial charge >= 0.3 is 0 Å². The summed E-state index contributed by atoms with van der Waals surface area (Å²) in [6.07, 6.45) is 0. The predicted octanol–water partition coefficient (Wildman–Crippen LogP) is 9.89. The van der Waals surface area contributed by atoms with E-state index in [0.29, 0.717) is 5.56 Å². The Labute approximate surface area is 230 Å². The van der Waals surface area contributed by atoms with Gasteiger partial charge in [0.05, 0.1) is 22.7 Å². The molecule has 0 saturated carbocycles. The zero-order chi connectivity index (χ0) is 26.6. The van der Waals surface area contributed by atoms with E-state index < -0.39 is 0 Å². The van der Waals surface area contributed by atoms with E-state index in [4.69, 9.17) is 4.42 Å². The molecule has 0 saturated heterocycles. The van der Waals surface area contributed by atoms with Gasteiger partial charge in [0, 0.05) is 27.2 Å². The molecule has 0 spiro atoms. The average molecular weight is 511 g/mol. The van der Waals surface area contributed by atoms with Crippen molar-refractivity contribution >= 4 is 43.7 Å². The van der Waals surface area contributed by atoms with Crippen LogP contribution in [0.3, 0.4) is 0 Å². The number of para-hydroxylation sites is 3. The fraction of sp³-hybridized carbons (Fsp3) is 0. The Hall–Kier alpha value is -5.59. The van der Waals surface area contributed by atoms with Crippen LogP contribution in [0.25, 0.3) is 71.7 Å². The summed E-state index contributed by atoms with van der Waals surface area (Å²) in [7, 11) is 0. The Balaban J connectivity index is 1.34. The Morgan fingerprint density at radius 1 is 0.525 bits per heavy atom. The third-order valence-corrected chi connectivity index (χ3v) is 7.79. The summed E-state index contributed by atoms with van der Waals surface area (Å²) in [5.74, 6) is 0. The molecule has 40 heavy (non-hydrogen) atoms. The Morgan fingerprint density at radius 2 is 1.18 bits per heavy atom. The molecule has 3 nitrogen and oxygen atoms in total. The van der Waals surface area contributed by atoms with E-state index in [2.05, 4.69) is 102 Å². The highest BCUT2D eigenvalue weighted by atomic mass is 16.3. The van der Waals surface area contributed by atoms with Gasteiger partial charge in [-0.05, 0) is 76.9 Å². The van der Waals surface area contributed by atoms with Gasteiger partial charge < -0.3 is 8.98 Å². The maximum atomic E-state index is 9.99. The second-order valence-electron chi connectivity index (χ2n) is 10.1. The molecule has 8 rings (SSSR count). The summed E-state index contributed by atoms with van der Waals surface area (Å²) >= 11 is 0. The number of fused-ring (bicyclic) bond motifs is 6. The van der Waals surface area contributed by atoms with Gasteiger partial charge in [0.1, 0.15) is 11.2 Å². The van der Waals surface area contributed by atoms with E-state index in [1.54, 1.807) is 0 Å². The number of nitriles is 1. The van der Waals surface area contributed by atoms with Crippen molar-refractivity contribution in [2.75, 3.05) is 0 Å². The zero-order valence-corrected chi connectivity index (χ0v) is 21.5. The quantitative estimate of drug-likeness (QED) is 0.237. The second kappa shape index (κ2) is 8.73. The summed E-state index contributed by atoms with van der Waals surface area (Å²) in [5.41, 5.74) is 9.87. The van der Waals surface area contributed by atoms with Crippen molar-refractivity contribution in [1.82, 2.24) is 4.57 Å². The van der Waals surface area contributed by atoms with Crippen molar-refractivity contribution in [3.05, 3.63) is 139 Å². The Morgan fingerprint density at radius 3 is 1.95 bits per heavy atom. The molecule has 3 heteroatoms. The molecule has 0 amide bonds. The highest BCUT2D eigenvalue weighted by Crippen LogP contribution is 2.39. The van der Waals surface area contributed by atoms with E-state index in [9.17, 15) is 5.26 Å². The fourth-order valence-electron chi connectivity index (χ4n) is 6.05. The predicted molar refractivity (Wildman–Crippen MR) is 164 cm³/mol.